The number of rotatable bonds is 1. The summed E-state index contributed by atoms with van der Waals surface area (Å²) < 4.78 is 0. The third-order valence-corrected chi connectivity index (χ3v) is 3.75. The molecule has 0 aliphatic carbocycles. The molecule has 4 nitrogen and oxygen atoms in total. The summed E-state index contributed by atoms with van der Waals surface area (Å²) in [7, 11) is 2.13. The van der Waals surface area contributed by atoms with E-state index in [1.54, 1.807) is 0 Å². The van der Waals surface area contributed by atoms with Gasteiger partial charge in [0.25, 0.3) is 0 Å². The van der Waals surface area contributed by atoms with Crippen LogP contribution in [0, 0.1) is 5.92 Å². The van der Waals surface area contributed by atoms with Crippen LogP contribution < -0.4 is 5.32 Å². The van der Waals surface area contributed by atoms with Gasteiger partial charge in [0.15, 0.2) is 0 Å². The molecule has 18 heavy (non-hydrogen) atoms. The van der Waals surface area contributed by atoms with Crippen LogP contribution in [0.5, 0.6) is 0 Å². The Balaban J connectivity index is 0.00000144. The van der Waals surface area contributed by atoms with E-state index < -0.39 is 0 Å². The molecule has 2 aliphatic heterocycles. The summed E-state index contributed by atoms with van der Waals surface area (Å²) in [6.07, 6.45) is 2.07. The first-order valence-electron chi connectivity index (χ1n) is 6.37. The maximum Gasteiger partial charge on any atom is 0.225 e. The summed E-state index contributed by atoms with van der Waals surface area (Å²) in [5.41, 5.74) is 0. The minimum Gasteiger partial charge on any atom is -0.340 e. The van der Waals surface area contributed by atoms with Gasteiger partial charge >= 0.3 is 0 Å². The Hall–Kier alpha value is -0.0300. The lowest BCUT2D eigenvalue weighted by molar-refractivity contribution is -0.138. The predicted octanol–water partition coefficient (Wildman–Crippen LogP) is 0.992. The van der Waals surface area contributed by atoms with Gasteiger partial charge in [-0.05, 0) is 39.9 Å². The van der Waals surface area contributed by atoms with Gasteiger partial charge in [0.2, 0.25) is 5.91 Å². The van der Waals surface area contributed by atoms with Crippen molar-refractivity contribution in [2.24, 2.45) is 5.92 Å². The van der Waals surface area contributed by atoms with Crippen LogP contribution >= 0.6 is 24.8 Å². The largest absolute Gasteiger partial charge is 0.340 e. The van der Waals surface area contributed by atoms with Crippen LogP contribution in [-0.4, -0.2) is 61.5 Å². The van der Waals surface area contributed by atoms with Gasteiger partial charge in [0.05, 0.1) is 0 Å². The zero-order valence-corrected chi connectivity index (χ0v) is 12.9. The average Bonchev–Trinajstić information content (AvgIpc) is 2.29. The first-order valence-corrected chi connectivity index (χ1v) is 6.37. The molecular weight excluding hydrogens is 273 g/mol. The molecule has 0 saturated carbocycles. The summed E-state index contributed by atoms with van der Waals surface area (Å²) in [6.45, 7) is 6.99. The molecule has 0 bridgehead atoms. The molecule has 0 aromatic carbocycles. The Morgan fingerprint density at radius 3 is 2.33 bits per heavy atom. The van der Waals surface area contributed by atoms with Crippen molar-refractivity contribution in [2.75, 3.05) is 39.8 Å². The van der Waals surface area contributed by atoms with E-state index >= 15 is 0 Å². The molecule has 2 fully saturated rings. The maximum atomic E-state index is 12.3. The number of amides is 1. The van der Waals surface area contributed by atoms with Crippen LogP contribution in [0.1, 0.15) is 19.8 Å². The van der Waals surface area contributed by atoms with Crippen LogP contribution in [-0.2, 0) is 4.79 Å². The van der Waals surface area contributed by atoms with Crippen molar-refractivity contribution in [1.82, 2.24) is 15.1 Å². The molecule has 108 valence electrons. The highest BCUT2D eigenvalue weighted by Crippen LogP contribution is 2.19. The molecule has 0 spiro atoms. The number of piperazine rings is 1. The smallest absolute Gasteiger partial charge is 0.225 e. The zero-order valence-electron chi connectivity index (χ0n) is 11.2. The second-order valence-corrected chi connectivity index (χ2v) is 5.22. The van der Waals surface area contributed by atoms with Crippen LogP contribution in [0.3, 0.4) is 0 Å². The van der Waals surface area contributed by atoms with Crippen LogP contribution in [0.4, 0.5) is 0 Å². The fourth-order valence-electron chi connectivity index (χ4n) is 2.65. The number of carbonyl (C=O) groups is 1. The minimum absolute atomic E-state index is 0. The van der Waals surface area contributed by atoms with E-state index in [0.717, 1.165) is 45.6 Å². The quantitative estimate of drug-likeness (QED) is 0.784. The summed E-state index contributed by atoms with van der Waals surface area (Å²) >= 11 is 0. The van der Waals surface area contributed by atoms with Crippen molar-refractivity contribution in [1.29, 1.82) is 0 Å². The third-order valence-electron chi connectivity index (χ3n) is 3.75. The fourth-order valence-corrected chi connectivity index (χ4v) is 2.65. The zero-order chi connectivity index (χ0) is 11.5. The highest BCUT2D eigenvalue weighted by molar-refractivity contribution is 5.85. The van der Waals surface area contributed by atoms with E-state index in [0.29, 0.717) is 11.9 Å². The number of halogens is 2. The fraction of sp³-hybridized carbons (Fsp3) is 0.917. The van der Waals surface area contributed by atoms with Gasteiger partial charge in [0.1, 0.15) is 0 Å². The molecule has 1 atom stereocenters. The van der Waals surface area contributed by atoms with Crippen molar-refractivity contribution in [2.45, 2.75) is 25.8 Å². The topological polar surface area (TPSA) is 35.6 Å². The van der Waals surface area contributed by atoms with E-state index in [2.05, 4.69) is 29.1 Å². The van der Waals surface area contributed by atoms with E-state index in [9.17, 15) is 4.79 Å². The molecule has 2 heterocycles. The Morgan fingerprint density at radius 2 is 1.78 bits per heavy atom. The third kappa shape index (κ3) is 4.57. The molecule has 6 heteroatoms. The highest BCUT2D eigenvalue weighted by Gasteiger charge is 2.29. The summed E-state index contributed by atoms with van der Waals surface area (Å²) in [4.78, 5) is 16.6. The lowest BCUT2D eigenvalue weighted by Crippen LogP contribution is -2.53. The van der Waals surface area contributed by atoms with Crippen LogP contribution in [0.2, 0.25) is 0 Å². The molecule has 1 N–H and O–H groups in total. The minimum atomic E-state index is 0. The van der Waals surface area contributed by atoms with Gasteiger partial charge in [-0.15, -0.1) is 24.8 Å². The molecule has 0 radical (unpaired) electrons. The van der Waals surface area contributed by atoms with E-state index in [1.807, 2.05) is 0 Å². The standard InChI is InChI=1S/C12H23N3O.2ClH/c1-10-9-15(8-5-13-10)12(16)11-3-6-14(2)7-4-11;;/h10-11,13H,3-9H2,1-2H3;2*1H/t10-;;/m0../s1. The Morgan fingerprint density at radius 1 is 1.17 bits per heavy atom. The first kappa shape index (κ1) is 18.0. The summed E-state index contributed by atoms with van der Waals surface area (Å²) in [6, 6.07) is 0.448. The van der Waals surface area contributed by atoms with Gasteiger partial charge in [-0.3, -0.25) is 4.79 Å². The van der Waals surface area contributed by atoms with Crippen molar-refractivity contribution in [3.63, 3.8) is 0 Å². The van der Waals surface area contributed by atoms with Gasteiger partial charge in [-0.25, -0.2) is 0 Å². The van der Waals surface area contributed by atoms with Gasteiger partial charge in [0, 0.05) is 31.6 Å². The number of likely N-dealkylation sites (tertiary alicyclic amines) is 1. The number of piperidine rings is 1. The number of nitrogens with zero attached hydrogens (tertiary/aromatic N) is 2. The van der Waals surface area contributed by atoms with Crippen LogP contribution in [0.15, 0.2) is 0 Å². The van der Waals surface area contributed by atoms with Crippen molar-refractivity contribution in [3.8, 4) is 0 Å². The van der Waals surface area contributed by atoms with E-state index in [1.165, 1.54) is 0 Å². The molecule has 0 aromatic rings. The number of hydrogen-bond donors (Lipinski definition) is 1. The lowest BCUT2D eigenvalue weighted by atomic mass is 9.95. The second-order valence-electron chi connectivity index (χ2n) is 5.22. The molecule has 0 unspecified atom stereocenters. The number of nitrogens with one attached hydrogen (secondary N) is 1. The molecule has 0 aromatic heterocycles. The normalized spacial score (nSPS) is 26.1. The summed E-state index contributed by atoms with van der Waals surface area (Å²) in [5, 5.41) is 3.37. The summed E-state index contributed by atoms with van der Waals surface area (Å²) in [5.74, 6) is 0.669. The van der Waals surface area contributed by atoms with Crippen molar-refractivity contribution >= 4 is 30.7 Å². The predicted molar refractivity (Wildman–Crippen MR) is 78.8 cm³/mol. The van der Waals surface area contributed by atoms with Gasteiger partial charge in [-0.2, -0.15) is 0 Å². The number of carbonyl (C=O) groups excluding carboxylic acids is 1. The van der Waals surface area contributed by atoms with Crippen molar-refractivity contribution < 1.29 is 4.79 Å². The van der Waals surface area contributed by atoms with E-state index in [4.69, 9.17) is 0 Å². The highest BCUT2D eigenvalue weighted by atomic mass is 35.5. The molecule has 1 amide bonds. The first-order chi connectivity index (χ1) is 7.66. The Bertz CT molecular complexity index is 258. The van der Waals surface area contributed by atoms with Gasteiger partial charge < -0.3 is 15.1 Å². The average molecular weight is 298 g/mol. The Labute approximate surface area is 122 Å². The monoisotopic (exact) mass is 297 g/mol. The van der Waals surface area contributed by atoms with Gasteiger partial charge in [-0.1, -0.05) is 0 Å². The SMILES string of the molecule is C[C@H]1CN(C(=O)C2CCN(C)CC2)CCN1.Cl.Cl. The lowest BCUT2D eigenvalue weighted by Gasteiger charge is -2.36. The molecule has 2 aliphatic rings. The second kappa shape index (κ2) is 8.20. The van der Waals surface area contributed by atoms with E-state index in [-0.39, 0.29) is 30.7 Å². The molecule has 2 rings (SSSR count). The van der Waals surface area contributed by atoms with Crippen molar-refractivity contribution in [3.05, 3.63) is 0 Å². The maximum absolute atomic E-state index is 12.3. The van der Waals surface area contributed by atoms with Crippen LogP contribution in [0.25, 0.3) is 0 Å². The Kier molecular flexibility index (Phi) is 8.19. The molecular formula is C12H25Cl2N3O. The number of hydrogen-bond acceptors (Lipinski definition) is 3. The molecule has 2 saturated heterocycles.